The summed E-state index contributed by atoms with van der Waals surface area (Å²) >= 11 is 0. The normalized spacial score (nSPS) is 10.4. The molecule has 0 spiro atoms. The van der Waals surface area contributed by atoms with Gasteiger partial charge in [-0.1, -0.05) is 12.1 Å². The molecule has 2 aromatic carbocycles. The maximum Gasteiger partial charge on any atom is 0.488 e. The molecule has 2 aromatic rings. The van der Waals surface area contributed by atoms with E-state index in [1.54, 1.807) is 0 Å². The summed E-state index contributed by atoms with van der Waals surface area (Å²) in [6.07, 6.45) is 0. The largest absolute Gasteiger partial charge is 0.488 e. The monoisotopic (exact) mass is 282 g/mol. The molecule has 0 unspecified atom stereocenters. The molecule has 3 nitrogen and oxygen atoms in total. The standard InChI is InChI=1S/C13H10BF3O3/c15-9-5-4-8(10(6-9)14(18)19)7-20-12-3-1-2-11(16)13(12)17/h1-6,18-19H,7H2. The molecule has 7 heteroatoms. The molecule has 0 aliphatic rings. The van der Waals surface area contributed by atoms with Gasteiger partial charge >= 0.3 is 7.12 Å². The van der Waals surface area contributed by atoms with Crippen molar-refractivity contribution >= 4 is 12.6 Å². The Labute approximate surface area is 113 Å². The summed E-state index contributed by atoms with van der Waals surface area (Å²) in [6, 6.07) is 6.78. The van der Waals surface area contributed by atoms with Crippen LogP contribution in [0.25, 0.3) is 0 Å². The Morgan fingerprint density at radius 2 is 1.80 bits per heavy atom. The first kappa shape index (κ1) is 14.4. The van der Waals surface area contributed by atoms with Gasteiger partial charge in [0, 0.05) is 0 Å². The molecule has 2 rings (SSSR count). The Bertz CT molecular complexity index is 620. The third kappa shape index (κ3) is 3.12. The van der Waals surface area contributed by atoms with Gasteiger partial charge in [0.1, 0.15) is 12.4 Å². The maximum atomic E-state index is 13.4. The van der Waals surface area contributed by atoms with E-state index in [-0.39, 0.29) is 23.4 Å². The highest BCUT2D eigenvalue weighted by Crippen LogP contribution is 2.20. The van der Waals surface area contributed by atoms with Crippen LogP contribution < -0.4 is 10.2 Å². The second-order valence-electron chi connectivity index (χ2n) is 4.06. The third-order valence-electron chi connectivity index (χ3n) is 2.69. The average Bonchev–Trinajstić information content (AvgIpc) is 2.41. The number of rotatable bonds is 4. The summed E-state index contributed by atoms with van der Waals surface area (Å²) in [6.45, 7) is -0.256. The molecule has 0 amide bonds. The van der Waals surface area contributed by atoms with E-state index in [4.69, 9.17) is 14.8 Å². The lowest BCUT2D eigenvalue weighted by atomic mass is 9.77. The van der Waals surface area contributed by atoms with Crippen LogP contribution in [0.2, 0.25) is 0 Å². The Morgan fingerprint density at radius 1 is 1.05 bits per heavy atom. The van der Waals surface area contributed by atoms with Crippen molar-refractivity contribution in [3.05, 3.63) is 59.4 Å². The minimum absolute atomic E-state index is 0.0955. The van der Waals surface area contributed by atoms with Gasteiger partial charge in [0.15, 0.2) is 11.6 Å². The highest BCUT2D eigenvalue weighted by Gasteiger charge is 2.18. The zero-order valence-electron chi connectivity index (χ0n) is 10.2. The van der Waals surface area contributed by atoms with Crippen molar-refractivity contribution in [3.8, 4) is 5.75 Å². The number of halogens is 3. The second kappa shape index (κ2) is 5.98. The van der Waals surface area contributed by atoms with Crippen LogP contribution >= 0.6 is 0 Å². The molecule has 0 aliphatic carbocycles. The van der Waals surface area contributed by atoms with Crippen LogP contribution in [-0.4, -0.2) is 17.2 Å². The smallest absolute Gasteiger partial charge is 0.486 e. The van der Waals surface area contributed by atoms with Crippen molar-refractivity contribution in [2.75, 3.05) is 0 Å². The summed E-state index contributed by atoms with van der Waals surface area (Å²) in [5, 5.41) is 18.2. The molecular weight excluding hydrogens is 272 g/mol. The van der Waals surface area contributed by atoms with E-state index in [0.717, 1.165) is 18.2 Å². The van der Waals surface area contributed by atoms with Gasteiger partial charge in [0.25, 0.3) is 0 Å². The first-order valence-corrected chi connectivity index (χ1v) is 5.70. The van der Waals surface area contributed by atoms with E-state index in [1.807, 2.05) is 0 Å². The Hall–Kier alpha value is -1.99. The number of hydrogen-bond donors (Lipinski definition) is 2. The van der Waals surface area contributed by atoms with Crippen molar-refractivity contribution in [1.82, 2.24) is 0 Å². The molecular formula is C13H10BF3O3. The third-order valence-corrected chi connectivity index (χ3v) is 2.69. The predicted octanol–water partition coefficient (Wildman–Crippen LogP) is 1.36. The van der Waals surface area contributed by atoms with E-state index >= 15 is 0 Å². The van der Waals surface area contributed by atoms with Gasteiger partial charge in [-0.25, -0.2) is 8.78 Å². The topological polar surface area (TPSA) is 49.7 Å². The zero-order chi connectivity index (χ0) is 14.7. The summed E-state index contributed by atoms with van der Waals surface area (Å²) < 4.78 is 44.4. The maximum absolute atomic E-state index is 13.4. The van der Waals surface area contributed by atoms with Gasteiger partial charge in [-0.15, -0.1) is 0 Å². The van der Waals surface area contributed by atoms with Crippen LogP contribution in [0.4, 0.5) is 13.2 Å². The van der Waals surface area contributed by atoms with E-state index in [1.165, 1.54) is 18.2 Å². The second-order valence-corrected chi connectivity index (χ2v) is 4.06. The zero-order valence-corrected chi connectivity index (χ0v) is 10.2. The van der Waals surface area contributed by atoms with Gasteiger partial charge in [0.2, 0.25) is 5.82 Å². The van der Waals surface area contributed by atoms with E-state index < -0.39 is 24.6 Å². The SMILES string of the molecule is OB(O)c1cc(F)ccc1COc1cccc(F)c1F. The van der Waals surface area contributed by atoms with Crippen molar-refractivity contribution < 1.29 is 28.0 Å². The molecule has 0 heterocycles. The van der Waals surface area contributed by atoms with Crippen molar-refractivity contribution in [3.63, 3.8) is 0 Å². The Balaban J connectivity index is 2.21. The summed E-state index contributed by atoms with van der Waals surface area (Å²) in [5.74, 6) is -3.15. The van der Waals surface area contributed by atoms with Crippen LogP contribution in [0.1, 0.15) is 5.56 Å². The average molecular weight is 282 g/mol. The van der Waals surface area contributed by atoms with Crippen LogP contribution in [-0.2, 0) is 6.61 Å². The van der Waals surface area contributed by atoms with Crippen molar-refractivity contribution in [2.45, 2.75) is 6.61 Å². The van der Waals surface area contributed by atoms with Crippen molar-refractivity contribution in [1.29, 1.82) is 0 Å². The van der Waals surface area contributed by atoms with Gasteiger partial charge in [-0.2, -0.15) is 4.39 Å². The molecule has 0 aliphatic heterocycles. The quantitative estimate of drug-likeness (QED) is 0.832. The molecule has 0 radical (unpaired) electrons. The molecule has 104 valence electrons. The molecule has 0 aromatic heterocycles. The molecule has 0 saturated heterocycles. The molecule has 0 saturated carbocycles. The van der Waals surface area contributed by atoms with E-state index in [2.05, 4.69) is 0 Å². The fourth-order valence-corrected chi connectivity index (χ4v) is 1.69. The van der Waals surface area contributed by atoms with E-state index in [0.29, 0.717) is 0 Å². The highest BCUT2D eigenvalue weighted by atomic mass is 19.2. The summed E-state index contributed by atoms with van der Waals surface area (Å²) in [4.78, 5) is 0. The van der Waals surface area contributed by atoms with E-state index in [9.17, 15) is 13.2 Å². The minimum Gasteiger partial charge on any atom is -0.486 e. The van der Waals surface area contributed by atoms with Crippen molar-refractivity contribution in [2.24, 2.45) is 0 Å². The van der Waals surface area contributed by atoms with Gasteiger partial charge in [-0.3, -0.25) is 0 Å². The van der Waals surface area contributed by atoms with Gasteiger partial charge < -0.3 is 14.8 Å². The predicted molar refractivity (Wildman–Crippen MR) is 66.9 cm³/mol. The number of ether oxygens (including phenoxy) is 1. The molecule has 2 N–H and O–H groups in total. The lowest BCUT2D eigenvalue weighted by Gasteiger charge is -2.11. The summed E-state index contributed by atoms with van der Waals surface area (Å²) in [5.41, 5.74) is 0.159. The first-order valence-electron chi connectivity index (χ1n) is 5.70. The minimum atomic E-state index is -1.89. The van der Waals surface area contributed by atoms with Crippen LogP contribution in [0.15, 0.2) is 36.4 Å². The fraction of sp³-hybridized carbons (Fsp3) is 0.0769. The molecule has 0 fully saturated rings. The number of benzene rings is 2. The molecule has 0 bridgehead atoms. The lowest BCUT2D eigenvalue weighted by Crippen LogP contribution is -2.34. The van der Waals surface area contributed by atoms with Crippen LogP contribution in [0.5, 0.6) is 5.75 Å². The van der Waals surface area contributed by atoms with Gasteiger partial charge in [0.05, 0.1) is 0 Å². The first-order chi connectivity index (χ1) is 9.49. The van der Waals surface area contributed by atoms with Gasteiger partial charge in [-0.05, 0) is 35.3 Å². The Morgan fingerprint density at radius 3 is 2.50 bits per heavy atom. The number of hydrogen-bond acceptors (Lipinski definition) is 3. The fourth-order valence-electron chi connectivity index (χ4n) is 1.69. The molecule has 20 heavy (non-hydrogen) atoms. The summed E-state index contributed by atoms with van der Waals surface area (Å²) in [7, 11) is -1.89. The van der Waals surface area contributed by atoms with Crippen LogP contribution in [0, 0.1) is 17.5 Å². The highest BCUT2D eigenvalue weighted by molar-refractivity contribution is 6.59. The molecule has 0 atom stereocenters. The van der Waals surface area contributed by atoms with Crippen LogP contribution in [0.3, 0.4) is 0 Å². The lowest BCUT2D eigenvalue weighted by molar-refractivity contribution is 0.284. The Kier molecular flexibility index (Phi) is 4.31.